The summed E-state index contributed by atoms with van der Waals surface area (Å²) in [6, 6.07) is 11.3. The zero-order chi connectivity index (χ0) is 22.2. The molecule has 5 aromatic rings. The van der Waals surface area contributed by atoms with Gasteiger partial charge in [-0.15, -0.1) is 0 Å². The number of aromatic nitrogens is 6. The van der Waals surface area contributed by atoms with E-state index in [-0.39, 0.29) is 5.97 Å². The Kier molecular flexibility index (Phi) is 4.78. The van der Waals surface area contributed by atoms with E-state index in [2.05, 4.69) is 24.5 Å². The molecule has 0 spiro atoms. The van der Waals surface area contributed by atoms with E-state index in [1.54, 1.807) is 19.4 Å². The second kappa shape index (κ2) is 7.77. The molecule has 0 amide bonds. The lowest BCUT2D eigenvalue weighted by Gasteiger charge is -2.10. The molecule has 160 valence electrons. The Hall–Kier alpha value is -4.27. The van der Waals surface area contributed by atoms with Gasteiger partial charge in [0.2, 0.25) is 5.88 Å². The molecule has 0 aliphatic rings. The number of nitrogens with zero attached hydrogens (tertiary/aromatic N) is 6. The minimum absolute atomic E-state index is 0.362. The first-order valence-corrected chi connectivity index (χ1v) is 9.95. The Bertz CT molecular complexity index is 1470. The predicted octanol–water partition coefficient (Wildman–Crippen LogP) is 3.32. The lowest BCUT2D eigenvalue weighted by atomic mass is 10.1. The van der Waals surface area contributed by atoms with E-state index in [1.807, 2.05) is 48.0 Å². The van der Waals surface area contributed by atoms with Gasteiger partial charge in [-0.05, 0) is 36.8 Å². The zero-order valence-electron chi connectivity index (χ0n) is 17.8. The number of imidazole rings is 1. The number of pyridine rings is 1. The Morgan fingerprint density at radius 3 is 2.78 bits per heavy atom. The number of fused-ring (bicyclic) bond motifs is 2. The molecular weight excluding hydrogens is 408 g/mol. The second-order valence-electron chi connectivity index (χ2n) is 7.28. The van der Waals surface area contributed by atoms with E-state index in [4.69, 9.17) is 9.47 Å². The number of carbonyl (C=O) groups excluding carboxylic acids is 1. The van der Waals surface area contributed by atoms with Crippen LogP contribution in [0.4, 0.5) is 0 Å². The smallest absolute Gasteiger partial charge is 0.337 e. The van der Waals surface area contributed by atoms with Gasteiger partial charge in [0.1, 0.15) is 17.7 Å². The molecule has 4 aromatic heterocycles. The fraction of sp³-hybridized carbons (Fsp3) is 0.174. The van der Waals surface area contributed by atoms with Crippen LogP contribution in [0.3, 0.4) is 0 Å². The molecule has 1 aromatic carbocycles. The molecule has 0 aliphatic carbocycles. The average molecular weight is 428 g/mol. The molecule has 9 heteroatoms. The van der Waals surface area contributed by atoms with Crippen molar-refractivity contribution in [1.82, 2.24) is 29.1 Å². The number of hydrogen-bond acceptors (Lipinski definition) is 7. The summed E-state index contributed by atoms with van der Waals surface area (Å²) >= 11 is 0. The average Bonchev–Trinajstić information content (AvgIpc) is 3.39. The molecule has 0 unspecified atom stereocenters. The number of methoxy groups -OCH3 is 2. The Morgan fingerprint density at radius 2 is 1.97 bits per heavy atom. The van der Waals surface area contributed by atoms with Crippen molar-refractivity contribution in [1.29, 1.82) is 0 Å². The van der Waals surface area contributed by atoms with Crippen LogP contribution in [0.15, 0.2) is 55.1 Å². The van der Waals surface area contributed by atoms with Gasteiger partial charge in [0.25, 0.3) is 0 Å². The standard InChI is InChI=1S/C23H20N6O3/c1-14-27-21-19(29(14)12-15-5-4-6-16(9-15)23(30)32-3)10-17(11-24-21)28-8-7-18-20(28)22(31-2)26-13-25-18/h4-11,13H,12H2,1-3H3. The Labute approximate surface area is 183 Å². The van der Waals surface area contributed by atoms with Crippen LogP contribution in [0.25, 0.3) is 27.9 Å². The lowest BCUT2D eigenvalue weighted by Crippen LogP contribution is -2.06. The summed E-state index contributed by atoms with van der Waals surface area (Å²) in [5.74, 6) is 0.953. The van der Waals surface area contributed by atoms with Crippen LogP contribution < -0.4 is 4.74 Å². The van der Waals surface area contributed by atoms with E-state index < -0.39 is 0 Å². The van der Waals surface area contributed by atoms with Gasteiger partial charge in [-0.3, -0.25) is 0 Å². The summed E-state index contributed by atoms with van der Waals surface area (Å²) < 4.78 is 14.3. The highest BCUT2D eigenvalue weighted by Gasteiger charge is 2.15. The number of esters is 1. The molecule has 4 heterocycles. The highest BCUT2D eigenvalue weighted by molar-refractivity contribution is 5.89. The Balaban J connectivity index is 1.60. The third kappa shape index (κ3) is 3.24. The summed E-state index contributed by atoms with van der Waals surface area (Å²) in [7, 11) is 2.96. The fourth-order valence-corrected chi connectivity index (χ4v) is 3.84. The van der Waals surface area contributed by atoms with Crippen LogP contribution in [0, 0.1) is 6.92 Å². The van der Waals surface area contributed by atoms with Crippen LogP contribution in [0.1, 0.15) is 21.7 Å². The molecule has 0 radical (unpaired) electrons. The number of aryl methyl sites for hydroxylation is 1. The van der Waals surface area contributed by atoms with E-state index in [9.17, 15) is 4.79 Å². The van der Waals surface area contributed by atoms with E-state index in [0.717, 1.165) is 33.6 Å². The SMILES string of the molecule is COC(=O)c1cccc(Cn2c(C)nc3ncc(-n4ccc5ncnc(OC)c54)cc32)c1. The van der Waals surface area contributed by atoms with Crippen molar-refractivity contribution in [2.24, 2.45) is 0 Å². The summed E-state index contributed by atoms with van der Waals surface area (Å²) in [5, 5.41) is 0. The minimum atomic E-state index is -0.362. The largest absolute Gasteiger partial charge is 0.479 e. The minimum Gasteiger partial charge on any atom is -0.479 e. The second-order valence-corrected chi connectivity index (χ2v) is 7.28. The summed E-state index contributed by atoms with van der Waals surface area (Å²) in [5.41, 5.74) is 5.38. The van der Waals surface area contributed by atoms with Gasteiger partial charge >= 0.3 is 5.97 Å². The highest BCUT2D eigenvalue weighted by atomic mass is 16.5. The van der Waals surface area contributed by atoms with Crippen molar-refractivity contribution in [2.75, 3.05) is 14.2 Å². The quantitative estimate of drug-likeness (QED) is 0.396. The molecular formula is C23H20N6O3. The number of carbonyl (C=O) groups is 1. The first kappa shape index (κ1) is 19.7. The number of ether oxygens (including phenoxy) is 2. The van der Waals surface area contributed by atoms with Crippen molar-refractivity contribution < 1.29 is 14.3 Å². The van der Waals surface area contributed by atoms with Gasteiger partial charge in [0.15, 0.2) is 5.65 Å². The van der Waals surface area contributed by atoms with Crippen molar-refractivity contribution in [3.8, 4) is 11.6 Å². The van der Waals surface area contributed by atoms with Crippen LogP contribution in [-0.2, 0) is 11.3 Å². The summed E-state index contributed by atoms with van der Waals surface area (Å²) in [4.78, 5) is 29.6. The predicted molar refractivity (Wildman–Crippen MR) is 118 cm³/mol. The maximum Gasteiger partial charge on any atom is 0.337 e. The van der Waals surface area contributed by atoms with Gasteiger partial charge in [0.05, 0.1) is 42.7 Å². The van der Waals surface area contributed by atoms with Crippen molar-refractivity contribution in [3.05, 3.63) is 72.1 Å². The van der Waals surface area contributed by atoms with Gasteiger partial charge in [0, 0.05) is 12.7 Å². The molecule has 9 nitrogen and oxygen atoms in total. The van der Waals surface area contributed by atoms with Gasteiger partial charge < -0.3 is 18.6 Å². The van der Waals surface area contributed by atoms with Crippen molar-refractivity contribution in [2.45, 2.75) is 13.5 Å². The molecule has 32 heavy (non-hydrogen) atoms. The molecule has 0 N–H and O–H groups in total. The number of rotatable bonds is 5. The molecule has 0 saturated heterocycles. The third-order valence-electron chi connectivity index (χ3n) is 5.38. The number of hydrogen-bond donors (Lipinski definition) is 0. The van der Waals surface area contributed by atoms with Crippen molar-refractivity contribution in [3.63, 3.8) is 0 Å². The van der Waals surface area contributed by atoms with Crippen LogP contribution >= 0.6 is 0 Å². The van der Waals surface area contributed by atoms with Crippen LogP contribution in [0.2, 0.25) is 0 Å². The lowest BCUT2D eigenvalue weighted by molar-refractivity contribution is 0.0600. The van der Waals surface area contributed by atoms with E-state index in [0.29, 0.717) is 23.6 Å². The highest BCUT2D eigenvalue weighted by Crippen LogP contribution is 2.27. The molecule has 5 rings (SSSR count). The summed E-state index contributed by atoms with van der Waals surface area (Å²) in [6.45, 7) is 2.48. The maximum absolute atomic E-state index is 11.9. The first-order chi connectivity index (χ1) is 15.6. The van der Waals surface area contributed by atoms with Gasteiger partial charge in [-0.2, -0.15) is 4.98 Å². The van der Waals surface area contributed by atoms with E-state index >= 15 is 0 Å². The normalized spacial score (nSPS) is 11.2. The molecule has 0 aliphatic heterocycles. The number of benzene rings is 1. The monoisotopic (exact) mass is 428 g/mol. The Morgan fingerprint density at radius 1 is 1.09 bits per heavy atom. The van der Waals surface area contributed by atoms with Gasteiger partial charge in [-0.1, -0.05) is 12.1 Å². The molecule has 0 saturated carbocycles. The molecule has 0 fully saturated rings. The topological polar surface area (TPSA) is 97.0 Å². The first-order valence-electron chi connectivity index (χ1n) is 9.95. The van der Waals surface area contributed by atoms with E-state index in [1.165, 1.54) is 13.4 Å². The summed E-state index contributed by atoms with van der Waals surface area (Å²) in [6.07, 6.45) is 5.16. The zero-order valence-corrected chi connectivity index (χ0v) is 17.8. The van der Waals surface area contributed by atoms with Crippen LogP contribution in [-0.4, -0.2) is 49.3 Å². The molecule has 0 bridgehead atoms. The maximum atomic E-state index is 11.9. The molecule has 0 atom stereocenters. The fourth-order valence-electron chi connectivity index (χ4n) is 3.84. The third-order valence-corrected chi connectivity index (χ3v) is 5.38. The van der Waals surface area contributed by atoms with Gasteiger partial charge in [-0.25, -0.2) is 19.7 Å². The van der Waals surface area contributed by atoms with Crippen molar-refractivity contribution >= 4 is 28.2 Å². The van der Waals surface area contributed by atoms with Crippen LogP contribution in [0.5, 0.6) is 5.88 Å².